The van der Waals surface area contributed by atoms with Crippen molar-refractivity contribution in [2.75, 3.05) is 25.2 Å². The standard InChI is InChI=1S/C25H27N5O11S2/c1-10-17(40-11(2)31)5-18(41-12(3)32)13-7-42-8-16(23(35)36)28-21(33)14(6-39-24(37)19(10)13)27-22(34)20(30-38-4)15-9-43-25(26)29-15/h5,9,14,16H,6-8H2,1-4H3,(H2,26,29)(H,27,34)(H,28,33)(H,35,36)/t14-,16-/m0/s1. The number of carbonyl (C=O) groups is 6. The first-order valence-electron chi connectivity index (χ1n) is 12.3. The van der Waals surface area contributed by atoms with Gasteiger partial charge in [-0.3, -0.25) is 19.2 Å². The topological polar surface area (TPSA) is 235 Å². The van der Waals surface area contributed by atoms with Crippen LogP contribution in [0.4, 0.5) is 5.13 Å². The van der Waals surface area contributed by atoms with Crippen molar-refractivity contribution in [3.8, 4) is 11.5 Å². The summed E-state index contributed by atoms with van der Waals surface area (Å²) in [6, 6.07) is -1.79. The highest BCUT2D eigenvalue weighted by Crippen LogP contribution is 2.37. The number of carbonyl (C=O) groups excluding carboxylic acids is 5. The van der Waals surface area contributed by atoms with Crippen molar-refractivity contribution in [3.05, 3.63) is 33.8 Å². The normalized spacial score (nSPS) is 17.6. The molecule has 43 heavy (non-hydrogen) atoms. The summed E-state index contributed by atoms with van der Waals surface area (Å²) in [7, 11) is 1.18. The molecule has 2 heterocycles. The van der Waals surface area contributed by atoms with Crippen LogP contribution in [0.2, 0.25) is 0 Å². The first-order chi connectivity index (χ1) is 20.3. The monoisotopic (exact) mass is 637 g/mol. The number of nitrogens with zero attached hydrogens (tertiary/aromatic N) is 2. The molecule has 16 nitrogen and oxygen atoms in total. The van der Waals surface area contributed by atoms with Crippen molar-refractivity contribution < 1.29 is 52.9 Å². The second-order valence-corrected chi connectivity index (χ2v) is 10.7. The Balaban J connectivity index is 2.06. The third kappa shape index (κ3) is 8.41. The van der Waals surface area contributed by atoms with Crippen molar-refractivity contribution in [3.63, 3.8) is 0 Å². The quantitative estimate of drug-likeness (QED) is 0.139. The minimum atomic E-state index is -1.62. The summed E-state index contributed by atoms with van der Waals surface area (Å²) in [5.41, 5.74) is 5.50. The zero-order valence-corrected chi connectivity index (χ0v) is 24.9. The second-order valence-electron chi connectivity index (χ2n) is 8.77. The number of esters is 3. The number of rotatable bonds is 7. The molecule has 0 spiro atoms. The van der Waals surface area contributed by atoms with Gasteiger partial charge >= 0.3 is 23.9 Å². The van der Waals surface area contributed by atoms with Gasteiger partial charge < -0.3 is 40.5 Å². The maximum absolute atomic E-state index is 13.5. The average molecular weight is 638 g/mol. The summed E-state index contributed by atoms with van der Waals surface area (Å²) in [5, 5.41) is 19.6. The van der Waals surface area contributed by atoms with E-state index in [1.54, 1.807) is 0 Å². The molecule has 0 radical (unpaired) electrons. The molecule has 5 N–H and O–H groups in total. The van der Waals surface area contributed by atoms with Gasteiger partial charge in [-0.25, -0.2) is 14.6 Å². The molecule has 0 aliphatic carbocycles. The Morgan fingerprint density at radius 3 is 2.44 bits per heavy atom. The van der Waals surface area contributed by atoms with Crippen LogP contribution < -0.4 is 25.8 Å². The first kappa shape index (κ1) is 32.8. The van der Waals surface area contributed by atoms with E-state index in [2.05, 4.69) is 20.8 Å². The largest absolute Gasteiger partial charge is 0.480 e. The SMILES string of the molecule is CON=C(C(=O)N[C@H]1COC(=O)c2c(C)c(OC(C)=O)cc(OC(C)=O)c2CSC[C@@H](C(=O)O)NC1=O)c1csc(N)n1. The fraction of sp³-hybridized carbons (Fsp3) is 0.360. The summed E-state index contributed by atoms with van der Waals surface area (Å²) in [6.45, 7) is 2.96. The van der Waals surface area contributed by atoms with Gasteiger partial charge in [-0.1, -0.05) is 5.16 Å². The lowest BCUT2D eigenvalue weighted by molar-refractivity contribution is -0.141. The van der Waals surface area contributed by atoms with E-state index in [1.165, 1.54) is 25.5 Å². The number of thiazole rings is 1. The molecule has 2 atom stereocenters. The van der Waals surface area contributed by atoms with E-state index in [1.807, 2.05) is 0 Å². The number of thioether (sulfide) groups is 1. The summed E-state index contributed by atoms with van der Waals surface area (Å²) in [4.78, 5) is 84.0. The van der Waals surface area contributed by atoms with Gasteiger partial charge in [0.25, 0.3) is 5.91 Å². The summed E-state index contributed by atoms with van der Waals surface area (Å²) in [5.74, 6) is -6.23. The zero-order valence-electron chi connectivity index (χ0n) is 23.2. The van der Waals surface area contributed by atoms with Crippen LogP contribution in [0, 0.1) is 6.92 Å². The number of cyclic esters (lactones) is 1. The van der Waals surface area contributed by atoms with Gasteiger partial charge in [0.15, 0.2) is 10.8 Å². The summed E-state index contributed by atoms with van der Waals surface area (Å²) in [6.07, 6.45) is 0. The van der Waals surface area contributed by atoms with Crippen LogP contribution in [0.5, 0.6) is 11.5 Å². The lowest BCUT2D eigenvalue weighted by atomic mass is 10.0. The number of hydrogen-bond acceptors (Lipinski definition) is 15. The average Bonchev–Trinajstić information content (AvgIpc) is 3.35. The molecule has 0 fully saturated rings. The number of benzene rings is 1. The molecule has 0 saturated heterocycles. The number of ether oxygens (including phenoxy) is 3. The highest BCUT2D eigenvalue weighted by atomic mass is 32.2. The summed E-state index contributed by atoms with van der Waals surface area (Å²) >= 11 is 2.02. The van der Waals surface area contributed by atoms with Crippen molar-refractivity contribution in [2.24, 2.45) is 5.16 Å². The molecular weight excluding hydrogens is 610 g/mol. The predicted molar refractivity (Wildman–Crippen MR) is 152 cm³/mol. The molecule has 0 unspecified atom stereocenters. The molecule has 1 aromatic heterocycles. The van der Waals surface area contributed by atoms with Gasteiger partial charge in [0.2, 0.25) is 5.91 Å². The predicted octanol–water partition coefficient (Wildman–Crippen LogP) is 0.393. The van der Waals surface area contributed by atoms with Gasteiger partial charge in [-0.15, -0.1) is 11.3 Å². The molecule has 0 saturated carbocycles. The number of nitrogens with two attached hydrogens (primary N) is 1. The van der Waals surface area contributed by atoms with Gasteiger partial charge in [0.1, 0.15) is 43.0 Å². The van der Waals surface area contributed by atoms with E-state index >= 15 is 0 Å². The number of aromatic nitrogens is 1. The fourth-order valence-electron chi connectivity index (χ4n) is 3.77. The maximum Gasteiger partial charge on any atom is 0.339 e. The summed E-state index contributed by atoms with van der Waals surface area (Å²) < 4.78 is 15.9. The van der Waals surface area contributed by atoms with E-state index in [-0.39, 0.29) is 56.2 Å². The number of amides is 2. The van der Waals surface area contributed by atoms with Crippen LogP contribution >= 0.6 is 23.1 Å². The van der Waals surface area contributed by atoms with Crippen molar-refractivity contribution in [1.82, 2.24) is 15.6 Å². The molecule has 0 bridgehead atoms. The number of nitrogens with one attached hydrogen (secondary N) is 2. The lowest BCUT2D eigenvalue weighted by Crippen LogP contribution is -2.55. The molecule has 2 aromatic rings. The van der Waals surface area contributed by atoms with Crippen LogP contribution in [-0.2, 0) is 39.3 Å². The Morgan fingerprint density at radius 2 is 1.86 bits per heavy atom. The second kappa shape index (κ2) is 14.5. The maximum atomic E-state index is 13.5. The number of carboxylic acids is 1. The highest BCUT2D eigenvalue weighted by molar-refractivity contribution is 7.98. The highest BCUT2D eigenvalue weighted by Gasteiger charge is 2.33. The number of carboxylic acid groups (broad SMARTS) is 1. The molecule has 3 rings (SSSR count). The van der Waals surface area contributed by atoms with Gasteiger partial charge in [0, 0.05) is 47.9 Å². The fourth-order valence-corrected chi connectivity index (χ4v) is 5.39. The number of nitrogen functional groups attached to an aromatic ring is 1. The molecule has 1 aromatic carbocycles. The third-order valence-electron chi connectivity index (χ3n) is 5.63. The van der Waals surface area contributed by atoms with Crippen LogP contribution in [0.3, 0.4) is 0 Å². The van der Waals surface area contributed by atoms with Crippen LogP contribution in [-0.4, -0.2) is 83.0 Å². The minimum Gasteiger partial charge on any atom is -0.480 e. The van der Waals surface area contributed by atoms with E-state index in [9.17, 15) is 33.9 Å². The zero-order chi connectivity index (χ0) is 31.8. The number of hydrogen-bond donors (Lipinski definition) is 4. The Hall–Kier alpha value is -4.71. The van der Waals surface area contributed by atoms with E-state index in [0.717, 1.165) is 36.9 Å². The molecule has 2 amide bonds. The Bertz CT molecular complexity index is 1490. The smallest absolute Gasteiger partial charge is 0.339 e. The van der Waals surface area contributed by atoms with Crippen LogP contribution in [0.25, 0.3) is 0 Å². The van der Waals surface area contributed by atoms with Crippen molar-refractivity contribution in [2.45, 2.75) is 38.6 Å². The molecule has 18 heteroatoms. The Morgan fingerprint density at radius 1 is 1.19 bits per heavy atom. The van der Waals surface area contributed by atoms with E-state index in [4.69, 9.17) is 24.8 Å². The number of anilines is 1. The first-order valence-corrected chi connectivity index (χ1v) is 14.3. The van der Waals surface area contributed by atoms with Gasteiger partial charge in [-0.2, -0.15) is 11.8 Å². The van der Waals surface area contributed by atoms with Crippen LogP contribution in [0.15, 0.2) is 16.6 Å². The third-order valence-corrected chi connectivity index (χ3v) is 7.36. The minimum absolute atomic E-state index is 0.0350. The van der Waals surface area contributed by atoms with E-state index < -0.39 is 54.4 Å². The Labute approximate surface area is 252 Å². The Kier molecular flexibility index (Phi) is 11.0. The number of aliphatic carboxylic acids is 1. The van der Waals surface area contributed by atoms with E-state index in [0.29, 0.717) is 0 Å². The van der Waals surface area contributed by atoms with Gasteiger partial charge in [0.05, 0.1) is 5.56 Å². The van der Waals surface area contributed by atoms with Crippen molar-refractivity contribution >= 4 is 69.6 Å². The lowest BCUT2D eigenvalue weighted by Gasteiger charge is -2.24. The molecule has 230 valence electrons. The molecular formula is C25H27N5O11S2. The van der Waals surface area contributed by atoms with Crippen molar-refractivity contribution in [1.29, 1.82) is 0 Å². The van der Waals surface area contributed by atoms with Gasteiger partial charge in [-0.05, 0) is 6.92 Å². The van der Waals surface area contributed by atoms with Crippen LogP contribution in [0.1, 0.15) is 41.0 Å². The molecule has 1 aliphatic heterocycles. The number of oxime groups is 1. The number of fused-ring (bicyclic) bond motifs is 1. The molecule has 1 aliphatic rings.